The third-order valence-corrected chi connectivity index (χ3v) is 4.24. The Hall–Kier alpha value is -1.07. The summed E-state index contributed by atoms with van der Waals surface area (Å²) in [5, 5.41) is 8.80. The van der Waals surface area contributed by atoms with Gasteiger partial charge in [-0.25, -0.2) is 8.42 Å². The monoisotopic (exact) mass is 285 g/mol. The fraction of sp³-hybridized carbons (Fsp3) is 0.571. The van der Waals surface area contributed by atoms with E-state index in [1.165, 1.54) is 0 Å². The maximum Gasteiger partial charge on any atom is 0.233 e. The van der Waals surface area contributed by atoms with E-state index in [2.05, 4.69) is 4.72 Å². The Morgan fingerprint density at radius 1 is 1.26 bits per heavy atom. The Bertz CT molecular complexity index is 504. The number of hydrogen-bond donors (Lipinski definition) is 2. The van der Waals surface area contributed by atoms with Gasteiger partial charge in [-0.3, -0.25) is 4.72 Å². The molecule has 0 saturated carbocycles. The van der Waals surface area contributed by atoms with E-state index in [4.69, 9.17) is 5.11 Å². The summed E-state index contributed by atoms with van der Waals surface area (Å²) in [4.78, 5) is 0. The van der Waals surface area contributed by atoms with E-state index in [9.17, 15) is 8.42 Å². The molecular weight excluding hydrogens is 262 g/mol. The van der Waals surface area contributed by atoms with Crippen molar-refractivity contribution in [3.8, 4) is 0 Å². The molecule has 4 nitrogen and oxygen atoms in total. The molecule has 1 aromatic carbocycles. The largest absolute Gasteiger partial charge is 0.396 e. The average Bonchev–Trinajstić information content (AvgIpc) is 2.22. The maximum absolute atomic E-state index is 12.0. The molecule has 2 N–H and O–H groups in total. The molecule has 1 rings (SSSR count). The summed E-state index contributed by atoms with van der Waals surface area (Å²) in [7, 11) is -3.33. The van der Waals surface area contributed by atoms with Gasteiger partial charge in [-0.2, -0.15) is 0 Å². The van der Waals surface area contributed by atoms with Crippen LogP contribution >= 0.6 is 0 Å². The minimum Gasteiger partial charge on any atom is -0.396 e. The molecule has 0 aliphatic heterocycles. The fourth-order valence-corrected chi connectivity index (χ4v) is 3.56. The number of nitrogens with one attached hydrogen (secondary N) is 1. The first-order valence-electron chi connectivity index (χ1n) is 6.42. The summed E-state index contributed by atoms with van der Waals surface area (Å²) in [5.41, 5.74) is 1.32. The number of aliphatic hydroxyl groups excluding tert-OH is 1. The fourth-order valence-electron chi connectivity index (χ4n) is 1.86. The lowest BCUT2D eigenvalue weighted by Gasteiger charge is -2.19. The molecule has 0 heterocycles. The first kappa shape index (κ1) is 16.0. The van der Waals surface area contributed by atoms with Crippen molar-refractivity contribution in [1.82, 2.24) is 0 Å². The van der Waals surface area contributed by atoms with Gasteiger partial charge in [0.05, 0.1) is 5.75 Å². The van der Waals surface area contributed by atoms with Crippen LogP contribution in [0.5, 0.6) is 0 Å². The summed E-state index contributed by atoms with van der Waals surface area (Å²) in [5.74, 6) is 0.0842. The molecule has 19 heavy (non-hydrogen) atoms. The Labute approximate surface area is 115 Å². The van der Waals surface area contributed by atoms with Crippen molar-refractivity contribution >= 4 is 15.7 Å². The second kappa shape index (κ2) is 6.39. The van der Waals surface area contributed by atoms with Gasteiger partial charge in [0.2, 0.25) is 10.0 Å². The normalized spacial score (nSPS) is 12.4. The number of sulfonamides is 1. The zero-order valence-electron chi connectivity index (χ0n) is 11.8. The predicted octanol–water partition coefficient (Wildman–Crippen LogP) is 2.40. The van der Waals surface area contributed by atoms with E-state index in [0.29, 0.717) is 12.1 Å². The molecule has 0 aromatic heterocycles. The van der Waals surface area contributed by atoms with Crippen molar-refractivity contribution < 1.29 is 13.5 Å². The van der Waals surface area contributed by atoms with Crippen LogP contribution in [0.25, 0.3) is 0 Å². The molecule has 0 amide bonds. The van der Waals surface area contributed by atoms with Crippen LogP contribution in [-0.2, 0) is 16.4 Å². The van der Waals surface area contributed by atoms with Crippen LogP contribution in [0.15, 0.2) is 24.3 Å². The van der Waals surface area contributed by atoms with E-state index < -0.39 is 10.0 Å². The molecule has 108 valence electrons. The smallest absolute Gasteiger partial charge is 0.233 e. The van der Waals surface area contributed by atoms with Crippen LogP contribution in [0.3, 0.4) is 0 Å². The molecule has 0 saturated heterocycles. The third-order valence-electron chi connectivity index (χ3n) is 2.45. The van der Waals surface area contributed by atoms with Crippen LogP contribution in [-0.4, -0.2) is 25.9 Å². The first-order valence-corrected chi connectivity index (χ1v) is 8.07. The van der Waals surface area contributed by atoms with Crippen molar-refractivity contribution in [2.24, 2.45) is 5.41 Å². The zero-order chi connectivity index (χ0) is 14.5. The van der Waals surface area contributed by atoms with E-state index in [0.717, 1.165) is 12.0 Å². The molecule has 0 unspecified atom stereocenters. The molecule has 0 atom stereocenters. The predicted molar refractivity (Wildman–Crippen MR) is 78.7 cm³/mol. The summed E-state index contributed by atoms with van der Waals surface area (Å²) < 4.78 is 26.6. The Kier molecular flexibility index (Phi) is 5.38. The average molecular weight is 285 g/mol. The number of benzene rings is 1. The second-order valence-electron chi connectivity index (χ2n) is 5.95. The molecular formula is C14H23NO3S. The van der Waals surface area contributed by atoms with E-state index in [-0.39, 0.29) is 17.8 Å². The summed E-state index contributed by atoms with van der Waals surface area (Å²) >= 11 is 0. The molecule has 0 spiro atoms. The number of anilines is 1. The lowest BCUT2D eigenvalue weighted by atomic mass is 10.0. The molecule has 0 aliphatic rings. The van der Waals surface area contributed by atoms with Crippen molar-refractivity contribution in [2.75, 3.05) is 17.1 Å². The number of aryl methyl sites for hydroxylation is 1. The van der Waals surface area contributed by atoms with Gasteiger partial charge in [0, 0.05) is 12.3 Å². The Balaban J connectivity index is 2.76. The Morgan fingerprint density at radius 2 is 1.95 bits per heavy atom. The SMILES string of the molecule is CC(C)(C)CS(=O)(=O)Nc1cccc(CCCO)c1. The minimum absolute atomic E-state index is 0.0842. The summed E-state index contributed by atoms with van der Waals surface area (Å²) in [6, 6.07) is 7.30. The standard InChI is InChI=1S/C14H23NO3S/c1-14(2,3)11-19(17,18)15-13-8-4-6-12(10-13)7-5-9-16/h4,6,8,10,15-16H,5,7,9,11H2,1-3H3. The molecule has 0 fully saturated rings. The van der Waals surface area contributed by atoms with Crippen LogP contribution < -0.4 is 4.72 Å². The molecule has 0 radical (unpaired) electrons. The van der Waals surface area contributed by atoms with Gasteiger partial charge in [0.1, 0.15) is 0 Å². The number of aliphatic hydroxyl groups is 1. The molecule has 5 heteroatoms. The lowest BCUT2D eigenvalue weighted by Crippen LogP contribution is -2.26. The zero-order valence-corrected chi connectivity index (χ0v) is 12.6. The maximum atomic E-state index is 12.0. The van der Waals surface area contributed by atoms with Gasteiger partial charge in [0.25, 0.3) is 0 Å². The first-order chi connectivity index (χ1) is 8.72. The van der Waals surface area contributed by atoms with E-state index in [1.807, 2.05) is 39.0 Å². The van der Waals surface area contributed by atoms with Gasteiger partial charge >= 0.3 is 0 Å². The summed E-state index contributed by atoms with van der Waals surface area (Å²) in [6.07, 6.45) is 1.42. The van der Waals surface area contributed by atoms with Gasteiger partial charge in [-0.05, 0) is 36.0 Å². The van der Waals surface area contributed by atoms with Crippen molar-refractivity contribution in [1.29, 1.82) is 0 Å². The Morgan fingerprint density at radius 3 is 2.53 bits per heavy atom. The highest BCUT2D eigenvalue weighted by atomic mass is 32.2. The van der Waals surface area contributed by atoms with Crippen LogP contribution in [0.1, 0.15) is 32.8 Å². The lowest BCUT2D eigenvalue weighted by molar-refractivity contribution is 0.288. The quantitative estimate of drug-likeness (QED) is 0.843. The topological polar surface area (TPSA) is 66.4 Å². The van der Waals surface area contributed by atoms with Gasteiger partial charge in [0.15, 0.2) is 0 Å². The molecule has 0 bridgehead atoms. The van der Waals surface area contributed by atoms with Gasteiger partial charge in [-0.15, -0.1) is 0 Å². The highest BCUT2D eigenvalue weighted by molar-refractivity contribution is 7.92. The van der Waals surface area contributed by atoms with Crippen LogP contribution in [0.4, 0.5) is 5.69 Å². The van der Waals surface area contributed by atoms with Crippen molar-refractivity contribution in [3.05, 3.63) is 29.8 Å². The number of hydrogen-bond acceptors (Lipinski definition) is 3. The van der Waals surface area contributed by atoms with Gasteiger partial charge in [-0.1, -0.05) is 32.9 Å². The van der Waals surface area contributed by atoms with E-state index in [1.54, 1.807) is 6.07 Å². The highest BCUT2D eigenvalue weighted by Crippen LogP contribution is 2.19. The second-order valence-corrected chi connectivity index (χ2v) is 7.67. The number of rotatable bonds is 6. The molecule has 0 aliphatic carbocycles. The van der Waals surface area contributed by atoms with Crippen molar-refractivity contribution in [2.45, 2.75) is 33.6 Å². The van der Waals surface area contributed by atoms with Crippen LogP contribution in [0.2, 0.25) is 0 Å². The minimum atomic E-state index is -3.33. The molecule has 1 aromatic rings. The van der Waals surface area contributed by atoms with Crippen LogP contribution in [0, 0.1) is 5.41 Å². The van der Waals surface area contributed by atoms with E-state index >= 15 is 0 Å². The van der Waals surface area contributed by atoms with Gasteiger partial charge < -0.3 is 5.11 Å². The summed E-state index contributed by atoms with van der Waals surface area (Å²) in [6.45, 7) is 5.82. The highest BCUT2D eigenvalue weighted by Gasteiger charge is 2.21. The van der Waals surface area contributed by atoms with Crippen molar-refractivity contribution in [3.63, 3.8) is 0 Å². The third kappa shape index (κ3) is 6.59.